The Labute approximate surface area is 233 Å². The highest BCUT2D eigenvalue weighted by Crippen LogP contribution is 2.25. The first kappa shape index (κ1) is 26.8. The number of aromatic nitrogens is 4. The lowest BCUT2D eigenvalue weighted by Gasteiger charge is -2.29. The normalized spacial score (nSPS) is 11.9. The van der Waals surface area contributed by atoms with Gasteiger partial charge >= 0.3 is 12.1 Å². The molecule has 10 nitrogen and oxygen atoms in total. The molecular formula is C28H25ClFN7O3. The second-order valence-electron chi connectivity index (χ2n) is 9.23. The number of halogens is 2. The summed E-state index contributed by atoms with van der Waals surface area (Å²) < 4.78 is 15.8. The number of carbonyl (C=O) groups is 2. The van der Waals surface area contributed by atoms with Crippen molar-refractivity contribution >= 4 is 45.8 Å². The van der Waals surface area contributed by atoms with Gasteiger partial charge < -0.3 is 19.7 Å². The second kappa shape index (κ2) is 11.5. The number of pyridine rings is 1. The number of anilines is 1. The summed E-state index contributed by atoms with van der Waals surface area (Å²) in [6, 6.07) is 11.1. The molecule has 0 saturated carbocycles. The number of likely N-dealkylation sites (N-methyl/N-ethyl adjacent to an activating group) is 1. The summed E-state index contributed by atoms with van der Waals surface area (Å²) in [7, 11) is 1.69. The van der Waals surface area contributed by atoms with Crippen LogP contribution in [0, 0.1) is 5.82 Å². The fourth-order valence-corrected chi connectivity index (χ4v) is 4.80. The van der Waals surface area contributed by atoms with Crippen LogP contribution in [0.25, 0.3) is 16.3 Å². The van der Waals surface area contributed by atoms with Crippen LogP contribution in [0.15, 0.2) is 73.4 Å². The van der Waals surface area contributed by atoms with Crippen molar-refractivity contribution in [2.75, 3.05) is 12.4 Å². The molecule has 40 heavy (non-hydrogen) atoms. The maximum absolute atomic E-state index is 13.9. The second-order valence-corrected chi connectivity index (χ2v) is 9.61. The van der Waals surface area contributed by atoms with Crippen LogP contribution < -0.4 is 10.6 Å². The van der Waals surface area contributed by atoms with Gasteiger partial charge in [-0.2, -0.15) is 0 Å². The SMILES string of the molecule is CN(C(=O)NCc1cccc(F)c1Cl)C(Cc1cccc2cnc(NC(=O)O)cc12)Cc1ncc2cnccn12. The smallest absolute Gasteiger partial charge is 0.410 e. The van der Waals surface area contributed by atoms with Gasteiger partial charge in [0.1, 0.15) is 17.5 Å². The van der Waals surface area contributed by atoms with Crippen molar-refractivity contribution in [3.63, 3.8) is 0 Å². The van der Waals surface area contributed by atoms with Crippen LogP contribution in [-0.4, -0.2) is 54.6 Å². The van der Waals surface area contributed by atoms with Gasteiger partial charge in [0.2, 0.25) is 0 Å². The van der Waals surface area contributed by atoms with E-state index in [9.17, 15) is 14.0 Å². The molecule has 0 aliphatic rings. The van der Waals surface area contributed by atoms with Gasteiger partial charge in [0.15, 0.2) is 0 Å². The Morgan fingerprint density at radius 3 is 2.73 bits per heavy atom. The number of rotatable bonds is 8. The molecule has 204 valence electrons. The van der Waals surface area contributed by atoms with Crippen molar-refractivity contribution in [2.24, 2.45) is 0 Å². The number of urea groups is 1. The van der Waals surface area contributed by atoms with E-state index in [0.717, 1.165) is 27.7 Å². The zero-order valence-corrected chi connectivity index (χ0v) is 22.1. The topological polar surface area (TPSA) is 125 Å². The Bertz CT molecular complexity index is 1710. The van der Waals surface area contributed by atoms with E-state index in [4.69, 9.17) is 16.7 Å². The Kier molecular flexibility index (Phi) is 7.74. The lowest BCUT2D eigenvalue weighted by atomic mass is 9.97. The fraction of sp³-hybridized carbons (Fsp3) is 0.179. The third-order valence-corrected chi connectivity index (χ3v) is 7.13. The molecule has 3 amide bonds. The van der Waals surface area contributed by atoms with Crippen molar-refractivity contribution in [1.29, 1.82) is 0 Å². The van der Waals surface area contributed by atoms with E-state index >= 15 is 0 Å². The van der Waals surface area contributed by atoms with Crippen LogP contribution in [0.2, 0.25) is 5.02 Å². The van der Waals surface area contributed by atoms with Gasteiger partial charge in [0, 0.05) is 50.0 Å². The molecule has 0 fully saturated rings. The zero-order valence-electron chi connectivity index (χ0n) is 21.4. The summed E-state index contributed by atoms with van der Waals surface area (Å²) in [5.74, 6) is 0.390. The highest BCUT2D eigenvalue weighted by atomic mass is 35.5. The summed E-state index contributed by atoms with van der Waals surface area (Å²) in [6.45, 7) is 0.0502. The number of nitrogens with one attached hydrogen (secondary N) is 2. The number of carboxylic acid groups (broad SMARTS) is 1. The molecule has 1 atom stereocenters. The fourth-order valence-electron chi connectivity index (χ4n) is 4.60. The van der Waals surface area contributed by atoms with E-state index in [0.29, 0.717) is 18.4 Å². The lowest BCUT2D eigenvalue weighted by Crippen LogP contribution is -2.45. The van der Waals surface area contributed by atoms with Crippen LogP contribution in [0.3, 0.4) is 0 Å². The Morgan fingerprint density at radius 2 is 1.90 bits per heavy atom. The molecule has 1 unspecified atom stereocenters. The molecule has 2 aromatic carbocycles. The van der Waals surface area contributed by atoms with Crippen LogP contribution in [0.1, 0.15) is 17.0 Å². The van der Waals surface area contributed by atoms with E-state index in [-0.39, 0.29) is 29.5 Å². The average Bonchev–Trinajstić information content (AvgIpc) is 3.35. The predicted molar refractivity (Wildman–Crippen MR) is 149 cm³/mol. The number of hydrogen-bond donors (Lipinski definition) is 3. The summed E-state index contributed by atoms with van der Waals surface area (Å²) in [4.78, 5) is 39.0. The van der Waals surface area contributed by atoms with E-state index in [1.165, 1.54) is 12.1 Å². The maximum atomic E-state index is 13.9. The Hall–Kier alpha value is -4.77. The van der Waals surface area contributed by atoms with Gasteiger partial charge in [-0.05, 0) is 35.1 Å². The number of nitrogens with zero attached hydrogens (tertiary/aromatic N) is 5. The molecular weight excluding hydrogens is 537 g/mol. The van der Waals surface area contributed by atoms with Crippen LogP contribution in [0.5, 0.6) is 0 Å². The first-order valence-electron chi connectivity index (χ1n) is 12.4. The standard InChI is InChI=1S/C28H25ClFN7O3/c1-36(27(38)34-14-19-6-3-7-23(30)26(19)29)20(11-25-33-16-21-15-31-8-9-37(21)25)10-17-4-2-5-18-13-32-24(12-22(17)18)35-28(39)40/h2-9,12-13,15-16,20H,10-11,14H2,1H3,(H,32,35)(H,34,38)(H,39,40). The number of amides is 3. The van der Waals surface area contributed by atoms with Crippen LogP contribution >= 0.6 is 11.6 Å². The van der Waals surface area contributed by atoms with Gasteiger partial charge in [0.05, 0.1) is 22.9 Å². The summed E-state index contributed by atoms with van der Waals surface area (Å²) in [5, 5.41) is 15.9. The monoisotopic (exact) mass is 561 g/mol. The van der Waals surface area contributed by atoms with Gasteiger partial charge in [-0.1, -0.05) is 41.9 Å². The van der Waals surface area contributed by atoms with Crippen molar-refractivity contribution in [2.45, 2.75) is 25.4 Å². The summed E-state index contributed by atoms with van der Waals surface area (Å²) in [6.07, 6.45) is 8.14. The predicted octanol–water partition coefficient (Wildman–Crippen LogP) is 5.16. The van der Waals surface area contributed by atoms with E-state index in [2.05, 4.69) is 25.6 Å². The van der Waals surface area contributed by atoms with Gasteiger partial charge in [-0.15, -0.1) is 0 Å². The molecule has 0 aliphatic heterocycles. The van der Waals surface area contributed by atoms with Crippen LogP contribution in [-0.2, 0) is 19.4 Å². The van der Waals surface area contributed by atoms with Gasteiger partial charge in [0.25, 0.3) is 0 Å². The first-order valence-corrected chi connectivity index (χ1v) is 12.7. The average molecular weight is 562 g/mol. The van der Waals surface area contributed by atoms with Crippen molar-refractivity contribution < 1.29 is 19.1 Å². The summed E-state index contributed by atoms with van der Waals surface area (Å²) in [5.41, 5.74) is 2.19. The number of fused-ring (bicyclic) bond motifs is 2. The Balaban J connectivity index is 1.45. The molecule has 5 aromatic rings. The molecule has 5 rings (SSSR count). The minimum Gasteiger partial charge on any atom is -0.465 e. The number of hydrogen-bond acceptors (Lipinski definition) is 5. The van der Waals surface area contributed by atoms with Gasteiger partial charge in [-0.25, -0.2) is 23.9 Å². The van der Waals surface area contributed by atoms with E-state index < -0.39 is 11.9 Å². The summed E-state index contributed by atoms with van der Waals surface area (Å²) >= 11 is 6.07. The van der Waals surface area contributed by atoms with Crippen molar-refractivity contribution in [3.8, 4) is 0 Å². The van der Waals surface area contributed by atoms with Crippen LogP contribution in [0.4, 0.5) is 19.8 Å². The Morgan fingerprint density at radius 1 is 1.10 bits per heavy atom. The molecule has 0 spiro atoms. The number of carbonyl (C=O) groups excluding carboxylic acids is 1. The van der Waals surface area contributed by atoms with Crippen molar-refractivity contribution in [1.82, 2.24) is 29.6 Å². The molecule has 3 N–H and O–H groups in total. The van der Waals surface area contributed by atoms with Gasteiger partial charge in [-0.3, -0.25) is 10.3 Å². The maximum Gasteiger partial charge on any atom is 0.410 e. The largest absolute Gasteiger partial charge is 0.465 e. The van der Waals surface area contributed by atoms with E-state index in [1.54, 1.807) is 48.9 Å². The third kappa shape index (κ3) is 5.79. The highest BCUT2D eigenvalue weighted by molar-refractivity contribution is 6.31. The van der Waals surface area contributed by atoms with Crippen molar-refractivity contribution in [3.05, 3.63) is 101 Å². The molecule has 3 heterocycles. The molecule has 12 heteroatoms. The zero-order chi connectivity index (χ0) is 28.2. The molecule has 0 bridgehead atoms. The minimum absolute atomic E-state index is 0.0328. The number of benzene rings is 2. The first-order chi connectivity index (χ1) is 19.3. The highest BCUT2D eigenvalue weighted by Gasteiger charge is 2.24. The minimum atomic E-state index is -1.21. The molecule has 3 aromatic heterocycles. The quantitative estimate of drug-likeness (QED) is 0.240. The third-order valence-electron chi connectivity index (χ3n) is 6.70. The van der Waals surface area contributed by atoms with E-state index in [1.807, 2.05) is 28.8 Å². The molecule has 0 saturated heterocycles. The lowest BCUT2D eigenvalue weighted by molar-refractivity contribution is 0.188. The molecule has 0 radical (unpaired) electrons. The molecule has 0 aliphatic carbocycles. The number of imidazole rings is 1.